The molecule has 0 fully saturated rings. The Bertz CT molecular complexity index is 633. The fourth-order valence-corrected chi connectivity index (χ4v) is 3.01. The summed E-state index contributed by atoms with van der Waals surface area (Å²) in [5.41, 5.74) is 1.24. The van der Waals surface area contributed by atoms with Crippen molar-refractivity contribution in [1.82, 2.24) is 29.5 Å². The number of aryl methyl sites for hydroxylation is 2. The molecule has 0 amide bonds. The first-order valence-corrected chi connectivity index (χ1v) is 9.02. The van der Waals surface area contributed by atoms with Crippen molar-refractivity contribution in [2.45, 2.75) is 32.9 Å². The molecule has 2 aromatic heterocycles. The number of halogens is 1. The van der Waals surface area contributed by atoms with Crippen LogP contribution in [0.5, 0.6) is 0 Å². The molecule has 0 radical (unpaired) electrons. The SMILES string of the molecule is CCNC(=NCCCCn1cnnc1)N(C)Cc1cc(Br)cn1C. The Labute approximate surface area is 151 Å². The van der Waals surface area contributed by atoms with Gasteiger partial charge in [0, 0.05) is 50.1 Å². The molecule has 2 aromatic rings. The Morgan fingerprint density at radius 2 is 2.08 bits per heavy atom. The third-order valence-electron chi connectivity index (χ3n) is 3.72. The first-order chi connectivity index (χ1) is 11.6. The minimum Gasteiger partial charge on any atom is -0.357 e. The third kappa shape index (κ3) is 5.67. The lowest BCUT2D eigenvalue weighted by Gasteiger charge is -2.22. The Hall–Kier alpha value is -1.83. The Balaban J connectivity index is 1.83. The first-order valence-electron chi connectivity index (χ1n) is 8.22. The average molecular weight is 396 g/mol. The highest BCUT2D eigenvalue weighted by molar-refractivity contribution is 9.10. The molecule has 0 saturated heterocycles. The van der Waals surface area contributed by atoms with Gasteiger partial charge in [-0.3, -0.25) is 4.99 Å². The summed E-state index contributed by atoms with van der Waals surface area (Å²) in [6, 6.07) is 2.14. The van der Waals surface area contributed by atoms with E-state index in [1.165, 1.54) is 5.69 Å². The van der Waals surface area contributed by atoms with E-state index in [0.717, 1.165) is 49.5 Å². The van der Waals surface area contributed by atoms with Crippen LogP contribution in [0.15, 0.2) is 34.4 Å². The van der Waals surface area contributed by atoms with E-state index < -0.39 is 0 Å². The highest BCUT2D eigenvalue weighted by Crippen LogP contribution is 2.15. The highest BCUT2D eigenvalue weighted by atomic mass is 79.9. The number of aromatic nitrogens is 4. The van der Waals surface area contributed by atoms with Gasteiger partial charge in [-0.15, -0.1) is 10.2 Å². The molecule has 0 aromatic carbocycles. The number of hydrogen-bond donors (Lipinski definition) is 1. The normalized spacial score (nSPS) is 11.8. The van der Waals surface area contributed by atoms with Crippen molar-refractivity contribution in [3.63, 3.8) is 0 Å². The van der Waals surface area contributed by atoms with E-state index >= 15 is 0 Å². The van der Waals surface area contributed by atoms with E-state index in [2.05, 4.69) is 74.2 Å². The zero-order chi connectivity index (χ0) is 17.4. The summed E-state index contributed by atoms with van der Waals surface area (Å²) in [5, 5.41) is 11.0. The summed E-state index contributed by atoms with van der Waals surface area (Å²) in [4.78, 5) is 6.89. The summed E-state index contributed by atoms with van der Waals surface area (Å²) in [5.74, 6) is 0.944. The van der Waals surface area contributed by atoms with Crippen molar-refractivity contribution in [1.29, 1.82) is 0 Å². The number of nitrogens with zero attached hydrogens (tertiary/aromatic N) is 6. The van der Waals surface area contributed by atoms with Gasteiger partial charge in [0.1, 0.15) is 12.7 Å². The van der Waals surface area contributed by atoms with E-state index in [-0.39, 0.29) is 0 Å². The van der Waals surface area contributed by atoms with Crippen LogP contribution >= 0.6 is 15.9 Å². The summed E-state index contributed by atoms with van der Waals surface area (Å²) in [6.45, 7) is 5.52. The fourth-order valence-electron chi connectivity index (χ4n) is 2.44. The molecule has 7 nitrogen and oxygen atoms in total. The Morgan fingerprint density at radius 1 is 1.33 bits per heavy atom. The average Bonchev–Trinajstić information content (AvgIpc) is 3.16. The predicted octanol–water partition coefficient (Wildman–Crippen LogP) is 2.26. The predicted molar refractivity (Wildman–Crippen MR) is 99.8 cm³/mol. The van der Waals surface area contributed by atoms with E-state index in [9.17, 15) is 0 Å². The second-order valence-electron chi connectivity index (χ2n) is 5.76. The van der Waals surface area contributed by atoms with Crippen LogP contribution in [0.2, 0.25) is 0 Å². The quantitative estimate of drug-likeness (QED) is 0.423. The van der Waals surface area contributed by atoms with Crippen LogP contribution in [0.4, 0.5) is 0 Å². The van der Waals surface area contributed by atoms with Gasteiger partial charge in [0.05, 0.1) is 6.54 Å². The van der Waals surface area contributed by atoms with Gasteiger partial charge in [-0.05, 0) is 41.8 Å². The maximum Gasteiger partial charge on any atom is 0.194 e. The van der Waals surface area contributed by atoms with E-state index in [1.807, 2.05) is 4.57 Å². The fraction of sp³-hybridized carbons (Fsp3) is 0.562. The van der Waals surface area contributed by atoms with Crippen molar-refractivity contribution in [2.24, 2.45) is 12.0 Å². The minimum absolute atomic E-state index is 0.811. The van der Waals surface area contributed by atoms with Crippen molar-refractivity contribution < 1.29 is 0 Å². The summed E-state index contributed by atoms with van der Waals surface area (Å²) < 4.78 is 5.22. The molecule has 2 heterocycles. The minimum atomic E-state index is 0.811. The molecule has 0 spiro atoms. The zero-order valence-corrected chi connectivity index (χ0v) is 16.2. The summed E-state index contributed by atoms with van der Waals surface area (Å²) in [6.07, 6.45) is 7.67. The Morgan fingerprint density at radius 3 is 2.71 bits per heavy atom. The molecule has 0 aliphatic rings. The molecule has 8 heteroatoms. The first kappa shape index (κ1) is 18.5. The molecule has 132 valence electrons. The lowest BCUT2D eigenvalue weighted by Crippen LogP contribution is -2.38. The van der Waals surface area contributed by atoms with Gasteiger partial charge in [-0.25, -0.2) is 0 Å². The van der Waals surface area contributed by atoms with Crippen molar-refractivity contribution in [3.8, 4) is 0 Å². The molecular weight excluding hydrogens is 370 g/mol. The summed E-state index contributed by atoms with van der Waals surface area (Å²) >= 11 is 3.52. The second kappa shape index (κ2) is 9.46. The Kier molecular flexibility index (Phi) is 7.30. The van der Waals surface area contributed by atoms with Crippen molar-refractivity contribution in [3.05, 3.63) is 35.1 Å². The molecule has 2 rings (SSSR count). The van der Waals surface area contributed by atoms with Crippen LogP contribution in [0.3, 0.4) is 0 Å². The van der Waals surface area contributed by atoms with Crippen molar-refractivity contribution >= 4 is 21.9 Å². The number of rotatable bonds is 8. The van der Waals surface area contributed by atoms with Crippen molar-refractivity contribution in [2.75, 3.05) is 20.1 Å². The maximum atomic E-state index is 4.73. The largest absolute Gasteiger partial charge is 0.357 e. The van der Waals surface area contributed by atoms with Crippen LogP contribution in [-0.4, -0.2) is 50.3 Å². The molecule has 1 N–H and O–H groups in total. The van der Waals surface area contributed by atoms with Gasteiger partial charge < -0.3 is 19.4 Å². The molecule has 0 saturated carbocycles. The maximum absolute atomic E-state index is 4.73. The van der Waals surface area contributed by atoms with E-state index in [0.29, 0.717) is 0 Å². The van der Waals surface area contributed by atoms with Gasteiger partial charge in [-0.1, -0.05) is 0 Å². The lowest BCUT2D eigenvalue weighted by molar-refractivity contribution is 0.461. The van der Waals surface area contributed by atoms with Crippen LogP contribution in [0.1, 0.15) is 25.5 Å². The summed E-state index contributed by atoms with van der Waals surface area (Å²) in [7, 11) is 4.13. The number of hydrogen-bond acceptors (Lipinski definition) is 3. The molecule has 0 atom stereocenters. The van der Waals surface area contributed by atoms with Gasteiger partial charge in [0.2, 0.25) is 0 Å². The van der Waals surface area contributed by atoms with Gasteiger partial charge in [0.25, 0.3) is 0 Å². The number of aliphatic imine (C=N–C) groups is 1. The van der Waals surface area contributed by atoms with Crippen LogP contribution in [0.25, 0.3) is 0 Å². The molecule has 0 aliphatic carbocycles. The standard InChI is InChI=1S/C16H26BrN7/c1-4-18-16(19-7-5-6-8-24-12-20-21-13-24)23(3)11-15-9-14(17)10-22(15)2/h9-10,12-13H,4-8,11H2,1-3H3,(H,18,19). The smallest absolute Gasteiger partial charge is 0.194 e. The van der Waals surface area contributed by atoms with E-state index in [4.69, 9.17) is 4.99 Å². The second-order valence-corrected chi connectivity index (χ2v) is 6.67. The lowest BCUT2D eigenvalue weighted by atomic mass is 10.3. The van der Waals surface area contributed by atoms with Crippen LogP contribution in [0, 0.1) is 0 Å². The van der Waals surface area contributed by atoms with E-state index in [1.54, 1.807) is 12.7 Å². The third-order valence-corrected chi connectivity index (χ3v) is 4.16. The van der Waals surface area contributed by atoms with Gasteiger partial charge >= 0.3 is 0 Å². The zero-order valence-electron chi connectivity index (χ0n) is 14.6. The topological polar surface area (TPSA) is 63.3 Å². The molecule has 0 aliphatic heterocycles. The number of nitrogens with one attached hydrogen (secondary N) is 1. The number of unbranched alkanes of at least 4 members (excludes halogenated alkanes) is 1. The number of guanidine groups is 1. The molecule has 0 unspecified atom stereocenters. The molecular formula is C16H26BrN7. The van der Waals surface area contributed by atoms with Crippen LogP contribution < -0.4 is 5.32 Å². The van der Waals surface area contributed by atoms with Gasteiger partial charge in [0.15, 0.2) is 5.96 Å². The molecule has 0 bridgehead atoms. The highest BCUT2D eigenvalue weighted by Gasteiger charge is 2.09. The molecule has 24 heavy (non-hydrogen) atoms. The monoisotopic (exact) mass is 395 g/mol. The van der Waals surface area contributed by atoms with Crippen LogP contribution in [-0.2, 0) is 20.1 Å². The van der Waals surface area contributed by atoms with Gasteiger partial charge in [-0.2, -0.15) is 0 Å².